The number of alkyl halides is 3. The minimum atomic E-state index is -4.39. The van der Waals surface area contributed by atoms with Gasteiger partial charge in [-0.1, -0.05) is 12.1 Å². The molecule has 1 unspecified atom stereocenters. The molecule has 12 heteroatoms. The number of H-pyrrole nitrogens is 1. The molecule has 1 fully saturated rings. The number of rotatable bonds is 5. The number of hydrogen-bond donors (Lipinski definition) is 2. The van der Waals surface area contributed by atoms with Gasteiger partial charge in [0.2, 0.25) is 5.82 Å². The second kappa shape index (κ2) is 11.0. The van der Waals surface area contributed by atoms with Gasteiger partial charge in [0, 0.05) is 26.6 Å². The lowest BCUT2D eigenvalue weighted by Gasteiger charge is -2.35. The van der Waals surface area contributed by atoms with Gasteiger partial charge in [-0.25, -0.2) is 4.98 Å². The fraction of sp³-hybridized carbons (Fsp3) is 0.381. The molecular weight excluding hydrogens is 552 g/mol. The third kappa shape index (κ3) is 6.25. The Morgan fingerprint density at radius 1 is 1.30 bits per heavy atom. The molecule has 33 heavy (non-hydrogen) atoms. The quantitative estimate of drug-likeness (QED) is 0.272. The van der Waals surface area contributed by atoms with Gasteiger partial charge in [0.25, 0.3) is 0 Å². The first-order chi connectivity index (χ1) is 15.4. The molecule has 1 saturated heterocycles. The summed E-state index contributed by atoms with van der Waals surface area (Å²) in [5, 5.41) is 10.3. The van der Waals surface area contributed by atoms with Gasteiger partial charge in [-0.15, -0.1) is 24.0 Å². The van der Waals surface area contributed by atoms with Crippen LogP contribution in [0.15, 0.2) is 52.1 Å². The van der Waals surface area contributed by atoms with Crippen molar-refractivity contribution in [3.05, 3.63) is 59.6 Å². The normalized spacial score (nSPS) is 17.0. The summed E-state index contributed by atoms with van der Waals surface area (Å²) < 4.78 is 50.2. The topological polar surface area (TPSA) is 91.6 Å². The molecule has 0 saturated carbocycles. The lowest BCUT2D eigenvalue weighted by atomic mass is 10.0. The molecule has 1 aliphatic rings. The van der Waals surface area contributed by atoms with Gasteiger partial charge in [-0.2, -0.15) is 18.3 Å². The smallest absolute Gasteiger partial charge is 0.416 e. The first-order valence-electron chi connectivity index (χ1n) is 10.1. The molecule has 0 radical (unpaired) electrons. The molecule has 3 aromatic rings. The molecule has 2 aromatic heterocycles. The van der Waals surface area contributed by atoms with Crippen molar-refractivity contribution >= 4 is 29.9 Å². The van der Waals surface area contributed by atoms with Gasteiger partial charge in [-0.3, -0.25) is 10.1 Å². The first kappa shape index (κ1) is 25.0. The van der Waals surface area contributed by atoms with Crippen molar-refractivity contribution in [3.63, 3.8) is 0 Å². The molecule has 178 valence electrons. The predicted molar refractivity (Wildman–Crippen MR) is 126 cm³/mol. The molecule has 2 N–H and O–H groups in total. The van der Waals surface area contributed by atoms with Crippen molar-refractivity contribution in [2.75, 3.05) is 33.3 Å². The standard InChI is InChI=1S/C21H23F3N6O2.HI/c1-25-20(26-8-7-18-27-19(29-28-18)16-6-3-10-31-16)30-9-11-32-17(13-30)14-4-2-5-15(12-14)21(22,23)24;/h2-6,10,12,17H,7-9,11,13H2,1H3,(H,25,26)(H,27,28,29);1H. The Morgan fingerprint density at radius 2 is 2.15 bits per heavy atom. The molecule has 8 nitrogen and oxygen atoms in total. The lowest BCUT2D eigenvalue weighted by Crippen LogP contribution is -2.48. The third-order valence-electron chi connectivity index (χ3n) is 5.08. The van der Waals surface area contributed by atoms with E-state index in [4.69, 9.17) is 9.15 Å². The largest absolute Gasteiger partial charge is 0.461 e. The van der Waals surface area contributed by atoms with Crippen molar-refractivity contribution < 1.29 is 22.3 Å². The number of morpholine rings is 1. The average molecular weight is 576 g/mol. The Bertz CT molecular complexity index is 1050. The number of aromatic amines is 1. The zero-order valence-electron chi connectivity index (χ0n) is 17.8. The van der Waals surface area contributed by atoms with E-state index < -0.39 is 17.8 Å². The van der Waals surface area contributed by atoms with Gasteiger partial charge in [0.1, 0.15) is 11.9 Å². The average Bonchev–Trinajstić information content (AvgIpc) is 3.48. The van der Waals surface area contributed by atoms with Crippen molar-refractivity contribution in [3.8, 4) is 11.6 Å². The van der Waals surface area contributed by atoms with Gasteiger partial charge < -0.3 is 19.4 Å². The van der Waals surface area contributed by atoms with Gasteiger partial charge in [-0.05, 0) is 29.8 Å². The number of aromatic nitrogens is 3. The summed E-state index contributed by atoms with van der Waals surface area (Å²) in [5.74, 6) is 2.43. The second-order valence-corrected chi connectivity index (χ2v) is 7.24. The monoisotopic (exact) mass is 576 g/mol. The maximum absolute atomic E-state index is 13.1. The number of guanidine groups is 1. The zero-order chi connectivity index (χ0) is 22.6. The summed E-state index contributed by atoms with van der Waals surface area (Å²) in [6, 6.07) is 8.82. The van der Waals surface area contributed by atoms with E-state index in [0.717, 1.165) is 12.1 Å². The highest BCUT2D eigenvalue weighted by Gasteiger charge is 2.32. The predicted octanol–water partition coefficient (Wildman–Crippen LogP) is 3.89. The fourth-order valence-electron chi connectivity index (χ4n) is 3.51. The minimum Gasteiger partial charge on any atom is -0.461 e. The molecule has 0 amide bonds. The van der Waals surface area contributed by atoms with E-state index in [1.807, 2.05) is 4.90 Å². The Morgan fingerprint density at radius 3 is 2.88 bits per heavy atom. The van der Waals surface area contributed by atoms with Crippen LogP contribution < -0.4 is 5.32 Å². The number of furan rings is 1. The van der Waals surface area contributed by atoms with Crippen LogP contribution in [0.4, 0.5) is 13.2 Å². The van der Waals surface area contributed by atoms with E-state index >= 15 is 0 Å². The van der Waals surface area contributed by atoms with E-state index in [2.05, 4.69) is 25.5 Å². The molecular formula is C21H24F3IN6O2. The van der Waals surface area contributed by atoms with E-state index in [1.54, 1.807) is 31.5 Å². The Kier molecular flexibility index (Phi) is 8.35. The van der Waals surface area contributed by atoms with Crippen LogP contribution >= 0.6 is 24.0 Å². The molecule has 1 aromatic carbocycles. The summed E-state index contributed by atoms with van der Waals surface area (Å²) in [6.07, 6.45) is -2.73. The minimum absolute atomic E-state index is 0. The summed E-state index contributed by atoms with van der Waals surface area (Å²) in [7, 11) is 1.67. The number of ether oxygens (including phenoxy) is 1. The molecule has 0 spiro atoms. The number of nitrogens with one attached hydrogen (secondary N) is 2. The highest BCUT2D eigenvalue weighted by Crippen LogP contribution is 2.32. The van der Waals surface area contributed by atoms with Gasteiger partial charge in [0.05, 0.1) is 25.0 Å². The van der Waals surface area contributed by atoms with Crippen LogP contribution in [-0.2, 0) is 17.3 Å². The fourth-order valence-corrected chi connectivity index (χ4v) is 3.51. The molecule has 1 aliphatic heterocycles. The molecule has 4 rings (SSSR count). The SMILES string of the molecule is CN=C(NCCc1nc(-c2ccco2)n[nH]1)N1CCOC(c2cccc(C(F)(F)F)c2)C1.I. The number of nitrogens with zero attached hydrogens (tertiary/aromatic N) is 4. The van der Waals surface area contributed by atoms with Gasteiger partial charge >= 0.3 is 6.18 Å². The second-order valence-electron chi connectivity index (χ2n) is 7.24. The Labute approximate surface area is 205 Å². The van der Waals surface area contributed by atoms with Crippen molar-refractivity contribution in [1.29, 1.82) is 0 Å². The highest BCUT2D eigenvalue weighted by molar-refractivity contribution is 14.0. The molecule has 0 aliphatic carbocycles. The number of benzene rings is 1. The summed E-state index contributed by atoms with van der Waals surface area (Å²) in [6.45, 7) is 1.91. The summed E-state index contributed by atoms with van der Waals surface area (Å²) >= 11 is 0. The maximum atomic E-state index is 13.1. The maximum Gasteiger partial charge on any atom is 0.416 e. The van der Waals surface area contributed by atoms with E-state index in [0.29, 0.717) is 61.6 Å². The van der Waals surface area contributed by atoms with Crippen LogP contribution in [0.5, 0.6) is 0 Å². The van der Waals surface area contributed by atoms with Crippen LogP contribution in [0.1, 0.15) is 23.1 Å². The van der Waals surface area contributed by atoms with E-state index in [-0.39, 0.29) is 24.0 Å². The number of halogens is 4. The van der Waals surface area contributed by atoms with Crippen LogP contribution in [0, 0.1) is 0 Å². The van der Waals surface area contributed by atoms with Crippen LogP contribution in [0.3, 0.4) is 0 Å². The van der Waals surface area contributed by atoms with Crippen molar-refractivity contribution in [1.82, 2.24) is 25.4 Å². The van der Waals surface area contributed by atoms with Gasteiger partial charge in [0.15, 0.2) is 11.7 Å². The van der Waals surface area contributed by atoms with Crippen molar-refractivity contribution in [2.45, 2.75) is 18.7 Å². The summed E-state index contributed by atoms with van der Waals surface area (Å²) in [5.41, 5.74) is -0.189. The van der Waals surface area contributed by atoms with Crippen molar-refractivity contribution in [2.24, 2.45) is 4.99 Å². The van der Waals surface area contributed by atoms with Crippen LogP contribution in [-0.4, -0.2) is 59.3 Å². The summed E-state index contributed by atoms with van der Waals surface area (Å²) in [4.78, 5) is 10.7. The molecule has 3 heterocycles. The third-order valence-corrected chi connectivity index (χ3v) is 5.08. The van der Waals surface area contributed by atoms with Crippen LogP contribution in [0.2, 0.25) is 0 Å². The molecule has 1 atom stereocenters. The number of aliphatic imine (C=N–C) groups is 1. The lowest BCUT2D eigenvalue weighted by molar-refractivity contribution is -0.137. The number of hydrogen-bond acceptors (Lipinski definition) is 5. The first-order valence-corrected chi connectivity index (χ1v) is 10.1. The highest BCUT2D eigenvalue weighted by atomic mass is 127. The van der Waals surface area contributed by atoms with E-state index in [9.17, 15) is 13.2 Å². The van der Waals surface area contributed by atoms with Crippen LogP contribution in [0.25, 0.3) is 11.6 Å². The Balaban J connectivity index is 0.00000306. The zero-order valence-corrected chi connectivity index (χ0v) is 20.1. The Hall–Kier alpha value is -2.61. The van der Waals surface area contributed by atoms with E-state index in [1.165, 1.54) is 6.07 Å². The molecule has 0 bridgehead atoms.